The minimum absolute atomic E-state index is 0.120. The molecule has 0 heterocycles. The highest BCUT2D eigenvalue weighted by Crippen LogP contribution is 2.30. The average Bonchev–Trinajstić information content (AvgIpc) is 2.51. The molecule has 0 spiro atoms. The number of nitriles is 1. The Morgan fingerprint density at radius 3 is 2.00 bits per heavy atom. The van der Waals surface area contributed by atoms with Crippen LogP contribution in [0.5, 0.6) is 0 Å². The molecule has 0 aromatic heterocycles. The number of hydrogen-bond donors (Lipinski definition) is 1. The van der Waals surface area contributed by atoms with Gasteiger partial charge in [0, 0.05) is 0 Å². The second kappa shape index (κ2) is 5.35. The minimum Gasteiger partial charge on any atom is -0.389 e. The van der Waals surface area contributed by atoms with Crippen molar-refractivity contribution in [1.82, 2.24) is 0 Å². The number of benzene rings is 3. The predicted octanol–water partition coefficient (Wildman–Crippen LogP) is 4.19. The Bertz CT molecular complexity index is 879. The van der Waals surface area contributed by atoms with E-state index in [0.717, 1.165) is 27.1 Å². The van der Waals surface area contributed by atoms with E-state index in [9.17, 15) is 5.26 Å². The zero-order valence-corrected chi connectivity index (χ0v) is 12.0. The number of nitrogens with zero attached hydrogens (tertiary/aromatic N) is 1. The molecule has 3 rings (SSSR count). The van der Waals surface area contributed by atoms with Crippen molar-refractivity contribution in [2.24, 2.45) is 5.73 Å². The number of fused-ring (bicyclic) bond motifs is 2. The monoisotopic (exact) mass is 288 g/mol. The Morgan fingerprint density at radius 1 is 1.00 bits per heavy atom. The summed E-state index contributed by atoms with van der Waals surface area (Å²) in [6, 6.07) is 20.4. The van der Waals surface area contributed by atoms with Crippen LogP contribution in [0.2, 0.25) is 0 Å². The van der Waals surface area contributed by atoms with E-state index in [2.05, 4.69) is 24.3 Å². The number of rotatable bonds is 2. The highest BCUT2D eigenvalue weighted by atomic mass is 32.1. The molecule has 2 N–H and O–H groups in total. The largest absolute Gasteiger partial charge is 0.389 e. The van der Waals surface area contributed by atoms with E-state index in [4.69, 9.17) is 18.0 Å². The third-order valence-corrected chi connectivity index (χ3v) is 3.71. The van der Waals surface area contributed by atoms with Gasteiger partial charge < -0.3 is 5.73 Å². The van der Waals surface area contributed by atoms with Crippen LogP contribution in [-0.4, -0.2) is 4.99 Å². The lowest BCUT2D eigenvalue weighted by Gasteiger charge is -2.09. The van der Waals surface area contributed by atoms with Crippen LogP contribution in [0.25, 0.3) is 27.6 Å². The smallest absolute Gasteiger partial charge is 0.114 e. The Morgan fingerprint density at radius 2 is 1.52 bits per heavy atom. The Balaban J connectivity index is 2.47. The van der Waals surface area contributed by atoms with Gasteiger partial charge in [-0.1, -0.05) is 60.7 Å². The molecule has 0 fully saturated rings. The topological polar surface area (TPSA) is 49.8 Å². The van der Waals surface area contributed by atoms with E-state index < -0.39 is 0 Å². The second-order valence-corrected chi connectivity index (χ2v) is 5.21. The maximum atomic E-state index is 9.22. The zero-order valence-electron chi connectivity index (χ0n) is 11.2. The molecule has 0 radical (unpaired) electrons. The number of hydrogen-bond acceptors (Lipinski definition) is 2. The summed E-state index contributed by atoms with van der Waals surface area (Å²) in [6.45, 7) is 0. The van der Waals surface area contributed by atoms with Gasteiger partial charge in [-0.15, -0.1) is 0 Å². The van der Waals surface area contributed by atoms with Gasteiger partial charge >= 0.3 is 0 Å². The molecular weight excluding hydrogens is 276 g/mol. The molecule has 0 aliphatic heterocycles. The third kappa shape index (κ3) is 2.37. The van der Waals surface area contributed by atoms with Crippen molar-refractivity contribution in [1.29, 1.82) is 5.26 Å². The van der Waals surface area contributed by atoms with Crippen molar-refractivity contribution in [3.63, 3.8) is 0 Å². The molecule has 0 saturated heterocycles. The van der Waals surface area contributed by atoms with Gasteiger partial charge in [-0.3, -0.25) is 0 Å². The van der Waals surface area contributed by atoms with Crippen LogP contribution in [0.15, 0.2) is 60.2 Å². The summed E-state index contributed by atoms with van der Waals surface area (Å²) in [7, 11) is 0. The SMILES string of the molecule is N#C/C(=C/c1c2ccccc2cc2ccccc12)C(N)=S. The van der Waals surface area contributed by atoms with Gasteiger partial charge in [-0.2, -0.15) is 5.26 Å². The summed E-state index contributed by atoms with van der Waals surface area (Å²) < 4.78 is 0. The lowest BCUT2D eigenvalue weighted by atomic mass is 9.95. The first-order valence-electron chi connectivity index (χ1n) is 6.53. The minimum atomic E-state index is 0.120. The van der Waals surface area contributed by atoms with E-state index in [-0.39, 0.29) is 4.99 Å². The molecule has 2 nitrogen and oxygen atoms in total. The molecule has 0 aliphatic rings. The Labute approximate surface area is 128 Å². The van der Waals surface area contributed by atoms with Crippen molar-refractivity contribution in [3.05, 3.63) is 65.7 Å². The summed E-state index contributed by atoms with van der Waals surface area (Å²) >= 11 is 4.95. The van der Waals surface area contributed by atoms with E-state index in [1.165, 1.54) is 0 Å². The van der Waals surface area contributed by atoms with E-state index >= 15 is 0 Å². The number of nitrogens with two attached hydrogens (primary N) is 1. The van der Waals surface area contributed by atoms with Gasteiger partial charge in [0.05, 0.1) is 5.57 Å². The van der Waals surface area contributed by atoms with Gasteiger partial charge in [-0.05, 0) is 39.3 Å². The molecular formula is C18H12N2S. The lowest BCUT2D eigenvalue weighted by molar-refractivity contribution is 1.52. The maximum absolute atomic E-state index is 9.22. The fourth-order valence-corrected chi connectivity index (χ4v) is 2.61. The fraction of sp³-hybridized carbons (Fsp3) is 0. The van der Waals surface area contributed by atoms with Crippen LogP contribution in [0.4, 0.5) is 0 Å². The fourth-order valence-electron chi connectivity index (χ4n) is 2.51. The summed E-state index contributed by atoms with van der Waals surface area (Å²) in [5.74, 6) is 0. The van der Waals surface area contributed by atoms with Crippen molar-refractivity contribution in [2.45, 2.75) is 0 Å². The van der Waals surface area contributed by atoms with Gasteiger partial charge in [0.1, 0.15) is 11.1 Å². The molecule has 21 heavy (non-hydrogen) atoms. The van der Waals surface area contributed by atoms with Crippen LogP contribution in [0.3, 0.4) is 0 Å². The van der Waals surface area contributed by atoms with Crippen molar-refractivity contribution in [3.8, 4) is 6.07 Å². The first-order valence-corrected chi connectivity index (χ1v) is 6.93. The highest BCUT2D eigenvalue weighted by molar-refractivity contribution is 7.80. The Kier molecular flexibility index (Phi) is 3.39. The molecule has 0 atom stereocenters. The molecule has 100 valence electrons. The zero-order chi connectivity index (χ0) is 14.8. The van der Waals surface area contributed by atoms with E-state index in [1.54, 1.807) is 6.08 Å². The first kappa shape index (κ1) is 13.3. The summed E-state index contributed by atoms with van der Waals surface area (Å²) in [5.41, 5.74) is 6.93. The van der Waals surface area contributed by atoms with Gasteiger partial charge in [0.25, 0.3) is 0 Å². The maximum Gasteiger partial charge on any atom is 0.114 e. The molecule has 0 bridgehead atoms. The van der Waals surface area contributed by atoms with E-state index in [1.807, 2.05) is 36.4 Å². The summed E-state index contributed by atoms with van der Waals surface area (Å²) in [5, 5.41) is 13.6. The highest BCUT2D eigenvalue weighted by Gasteiger charge is 2.07. The molecule has 3 aromatic carbocycles. The van der Waals surface area contributed by atoms with Gasteiger partial charge in [-0.25, -0.2) is 0 Å². The molecule has 0 aliphatic carbocycles. The van der Waals surface area contributed by atoms with Crippen LogP contribution in [-0.2, 0) is 0 Å². The number of thiocarbonyl (C=S) groups is 1. The quantitative estimate of drug-likeness (QED) is 0.333. The van der Waals surface area contributed by atoms with Crippen molar-refractivity contribution in [2.75, 3.05) is 0 Å². The molecule has 0 saturated carbocycles. The third-order valence-electron chi connectivity index (χ3n) is 3.49. The lowest BCUT2D eigenvalue weighted by Crippen LogP contribution is -2.09. The average molecular weight is 288 g/mol. The standard InChI is InChI=1S/C18H12N2S/c19-11-14(18(20)21)10-17-15-7-3-1-5-12(15)9-13-6-2-4-8-16(13)17/h1-10H,(H2,20,21)/b14-10-. The van der Waals surface area contributed by atoms with E-state index in [0.29, 0.717) is 5.57 Å². The van der Waals surface area contributed by atoms with Crippen molar-refractivity contribution >= 4 is 44.8 Å². The summed E-state index contributed by atoms with van der Waals surface area (Å²) in [6.07, 6.45) is 1.78. The van der Waals surface area contributed by atoms with Crippen LogP contribution < -0.4 is 5.73 Å². The molecule has 3 heteroatoms. The van der Waals surface area contributed by atoms with Gasteiger partial charge in [0.2, 0.25) is 0 Å². The summed E-state index contributed by atoms with van der Waals surface area (Å²) in [4.78, 5) is 0.120. The van der Waals surface area contributed by atoms with Crippen molar-refractivity contribution < 1.29 is 0 Å². The molecule has 3 aromatic rings. The molecule has 0 amide bonds. The molecule has 0 unspecified atom stereocenters. The van der Waals surface area contributed by atoms with Gasteiger partial charge in [0.15, 0.2) is 0 Å². The second-order valence-electron chi connectivity index (χ2n) is 4.77. The van der Waals surface area contributed by atoms with Crippen LogP contribution in [0, 0.1) is 11.3 Å². The normalized spacial score (nSPS) is 11.5. The predicted molar refractivity (Wildman–Crippen MR) is 91.8 cm³/mol. The van der Waals surface area contributed by atoms with Crippen LogP contribution >= 0.6 is 12.2 Å². The Hall–Kier alpha value is -2.70. The van der Waals surface area contributed by atoms with Crippen LogP contribution in [0.1, 0.15) is 5.56 Å². The first-order chi connectivity index (χ1) is 10.2.